The lowest BCUT2D eigenvalue weighted by Crippen LogP contribution is -2.54. The third-order valence-corrected chi connectivity index (χ3v) is 6.68. The molecule has 0 amide bonds. The Labute approximate surface area is 277 Å². The first-order chi connectivity index (χ1) is 22.1. The van der Waals surface area contributed by atoms with Crippen molar-refractivity contribution >= 4 is 47.4 Å². The number of rotatable bonds is 16. The third-order valence-electron chi connectivity index (χ3n) is 6.31. The highest BCUT2D eigenvalue weighted by atomic mass is 35.5. The standard InChI is InChI=1S/C33H39ClO13/c1-8-41-27-12-9-24(10-13-27)15-26-16-25(11-14-28(26)34)30(44-20(4)37)32(46-22(6)39)33(47-23(7)40)31(45-21(5)38)29(43-19(3)36)17-42-18(2)35/h9-14,16,29-33H,8,15,17H2,1-7H3/t29-,30-,31-,32+,33+/m1/s1. The van der Waals surface area contributed by atoms with Gasteiger partial charge in [-0.1, -0.05) is 35.9 Å². The Morgan fingerprint density at radius 2 is 1.17 bits per heavy atom. The van der Waals surface area contributed by atoms with Gasteiger partial charge < -0.3 is 33.2 Å². The quantitative estimate of drug-likeness (QED) is 0.183. The lowest BCUT2D eigenvalue weighted by molar-refractivity contribution is -0.214. The van der Waals surface area contributed by atoms with Crippen LogP contribution in [0.1, 0.15) is 71.3 Å². The minimum atomic E-state index is -1.77. The van der Waals surface area contributed by atoms with Gasteiger partial charge in [-0.15, -0.1) is 0 Å². The number of carbonyl (C=O) groups is 6. The summed E-state index contributed by atoms with van der Waals surface area (Å²) in [5, 5.41) is 0.374. The average Bonchev–Trinajstić information content (AvgIpc) is 2.96. The van der Waals surface area contributed by atoms with Gasteiger partial charge in [0.2, 0.25) is 0 Å². The molecule has 14 heteroatoms. The van der Waals surface area contributed by atoms with Gasteiger partial charge in [-0.25, -0.2) is 0 Å². The Morgan fingerprint density at radius 1 is 0.638 bits per heavy atom. The zero-order chi connectivity index (χ0) is 35.3. The fourth-order valence-electron chi connectivity index (χ4n) is 4.66. The summed E-state index contributed by atoms with van der Waals surface area (Å²) in [7, 11) is 0. The second kappa shape index (κ2) is 18.5. The molecule has 256 valence electrons. The maximum Gasteiger partial charge on any atom is 0.303 e. The van der Waals surface area contributed by atoms with Gasteiger partial charge in [0.25, 0.3) is 0 Å². The largest absolute Gasteiger partial charge is 0.494 e. The number of benzene rings is 2. The summed E-state index contributed by atoms with van der Waals surface area (Å²) in [6.45, 7) is 8.13. The van der Waals surface area contributed by atoms with Crippen molar-refractivity contribution in [3.63, 3.8) is 0 Å². The van der Waals surface area contributed by atoms with Gasteiger partial charge >= 0.3 is 35.8 Å². The molecule has 0 heterocycles. The topological polar surface area (TPSA) is 167 Å². The molecule has 5 atom stereocenters. The molecule has 0 spiro atoms. The van der Waals surface area contributed by atoms with E-state index in [1.54, 1.807) is 12.1 Å². The summed E-state index contributed by atoms with van der Waals surface area (Å²) < 4.78 is 38.2. The molecule has 0 saturated heterocycles. The molecule has 47 heavy (non-hydrogen) atoms. The molecule has 2 aromatic rings. The molecular weight excluding hydrogens is 640 g/mol. The number of hydrogen-bond acceptors (Lipinski definition) is 13. The van der Waals surface area contributed by atoms with E-state index >= 15 is 0 Å². The van der Waals surface area contributed by atoms with Crippen LogP contribution in [0.15, 0.2) is 42.5 Å². The highest BCUT2D eigenvalue weighted by molar-refractivity contribution is 6.31. The van der Waals surface area contributed by atoms with Crippen LogP contribution in [-0.4, -0.2) is 73.4 Å². The van der Waals surface area contributed by atoms with Gasteiger partial charge in [-0.05, 0) is 48.2 Å². The Hall–Kier alpha value is -4.65. The zero-order valence-corrected chi connectivity index (χ0v) is 28.0. The lowest BCUT2D eigenvalue weighted by atomic mass is 9.92. The first kappa shape index (κ1) is 38.5. The van der Waals surface area contributed by atoms with Crippen molar-refractivity contribution in [3.8, 4) is 5.75 Å². The smallest absolute Gasteiger partial charge is 0.303 e. The molecule has 0 N–H and O–H groups in total. The molecule has 0 radical (unpaired) electrons. The lowest BCUT2D eigenvalue weighted by Gasteiger charge is -2.38. The number of halogens is 1. The van der Waals surface area contributed by atoms with Crippen LogP contribution in [0, 0.1) is 0 Å². The zero-order valence-electron chi connectivity index (χ0n) is 27.2. The maximum atomic E-state index is 12.5. The minimum absolute atomic E-state index is 0.263. The molecule has 2 rings (SSSR count). The highest BCUT2D eigenvalue weighted by Gasteiger charge is 2.48. The van der Waals surface area contributed by atoms with Crippen LogP contribution in [0.2, 0.25) is 5.02 Å². The van der Waals surface area contributed by atoms with Gasteiger partial charge in [0.05, 0.1) is 6.61 Å². The maximum absolute atomic E-state index is 12.5. The van der Waals surface area contributed by atoms with Crippen molar-refractivity contribution in [2.75, 3.05) is 13.2 Å². The SMILES string of the molecule is CCOc1ccc(Cc2cc([C@@H](OC(C)=O)[C@H](OC(C)=O)[C@@H](OC(C)=O)[C@H](OC(C)=O)[C@@H](COC(C)=O)OC(C)=O)ccc2Cl)cc1. The van der Waals surface area contributed by atoms with Crippen LogP contribution in [0.25, 0.3) is 0 Å². The average molecular weight is 679 g/mol. The van der Waals surface area contributed by atoms with E-state index in [9.17, 15) is 28.8 Å². The van der Waals surface area contributed by atoms with Crippen molar-refractivity contribution in [3.05, 3.63) is 64.2 Å². The van der Waals surface area contributed by atoms with Crippen molar-refractivity contribution in [1.29, 1.82) is 0 Å². The van der Waals surface area contributed by atoms with E-state index in [4.69, 9.17) is 44.8 Å². The Bertz CT molecular complexity index is 1420. The Balaban J connectivity index is 2.75. The van der Waals surface area contributed by atoms with Gasteiger partial charge in [0, 0.05) is 46.6 Å². The number of ether oxygens (including phenoxy) is 7. The van der Waals surface area contributed by atoms with Crippen LogP contribution in [-0.2, 0) is 63.6 Å². The van der Waals surface area contributed by atoms with Crippen molar-refractivity contribution in [2.45, 2.75) is 85.4 Å². The third kappa shape index (κ3) is 12.9. The number of hydrogen-bond donors (Lipinski definition) is 0. The summed E-state index contributed by atoms with van der Waals surface area (Å²) in [6.07, 6.45) is -7.89. The molecule has 0 aromatic heterocycles. The molecule has 0 saturated carbocycles. The normalized spacial score (nSPS) is 13.9. The predicted octanol–water partition coefficient (Wildman–Crippen LogP) is 4.22. The Morgan fingerprint density at radius 3 is 1.68 bits per heavy atom. The van der Waals surface area contributed by atoms with E-state index in [1.165, 1.54) is 6.07 Å². The molecule has 2 aromatic carbocycles. The highest BCUT2D eigenvalue weighted by Crippen LogP contribution is 2.34. The molecule has 0 fully saturated rings. The summed E-state index contributed by atoms with van der Waals surface area (Å²) in [5.74, 6) is -4.47. The van der Waals surface area contributed by atoms with Crippen LogP contribution >= 0.6 is 11.6 Å². The van der Waals surface area contributed by atoms with Crippen LogP contribution in [0.3, 0.4) is 0 Å². The second-order valence-corrected chi connectivity index (χ2v) is 10.7. The van der Waals surface area contributed by atoms with Gasteiger partial charge in [0.1, 0.15) is 12.4 Å². The van der Waals surface area contributed by atoms with Crippen LogP contribution < -0.4 is 4.74 Å². The van der Waals surface area contributed by atoms with Crippen molar-refractivity contribution in [1.82, 2.24) is 0 Å². The van der Waals surface area contributed by atoms with Crippen LogP contribution in [0.4, 0.5) is 0 Å². The van der Waals surface area contributed by atoms with E-state index in [2.05, 4.69) is 0 Å². The fraction of sp³-hybridized carbons (Fsp3) is 0.455. The van der Waals surface area contributed by atoms with Crippen molar-refractivity contribution in [2.24, 2.45) is 0 Å². The van der Waals surface area contributed by atoms with Gasteiger partial charge in [0.15, 0.2) is 30.5 Å². The van der Waals surface area contributed by atoms with Crippen molar-refractivity contribution < 1.29 is 61.9 Å². The first-order valence-electron chi connectivity index (χ1n) is 14.6. The van der Waals surface area contributed by atoms with E-state index in [1.807, 2.05) is 31.2 Å². The molecule has 0 bridgehead atoms. The molecule has 0 unspecified atom stereocenters. The summed E-state index contributed by atoms with van der Waals surface area (Å²) >= 11 is 6.56. The summed E-state index contributed by atoms with van der Waals surface area (Å²) in [6, 6.07) is 12.0. The predicted molar refractivity (Wildman–Crippen MR) is 165 cm³/mol. The van der Waals surface area contributed by atoms with Gasteiger partial charge in [-0.3, -0.25) is 28.8 Å². The van der Waals surface area contributed by atoms with Crippen LogP contribution in [0.5, 0.6) is 5.75 Å². The summed E-state index contributed by atoms with van der Waals surface area (Å²) in [5.41, 5.74) is 1.73. The minimum Gasteiger partial charge on any atom is -0.494 e. The molecule has 0 aliphatic carbocycles. The molecule has 0 aliphatic heterocycles. The number of esters is 6. The van der Waals surface area contributed by atoms with E-state index in [-0.39, 0.29) is 5.56 Å². The van der Waals surface area contributed by atoms with E-state index < -0.39 is 72.9 Å². The van der Waals surface area contributed by atoms with E-state index in [0.717, 1.165) is 47.1 Å². The monoisotopic (exact) mass is 678 g/mol. The summed E-state index contributed by atoms with van der Waals surface area (Å²) in [4.78, 5) is 73.5. The first-order valence-corrected chi connectivity index (χ1v) is 15.0. The number of carbonyl (C=O) groups excluding carboxylic acids is 6. The van der Waals surface area contributed by atoms with E-state index in [0.29, 0.717) is 29.4 Å². The Kier molecular flexibility index (Phi) is 15.2. The molecular formula is C33H39ClO13. The fourth-order valence-corrected chi connectivity index (χ4v) is 4.85. The molecule has 0 aliphatic rings. The second-order valence-electron chi connectivity index (χ2n) is 10.3. The molecule has 13 nitrogen and oxygen atoms in total. The van der Waals surface area contributed by atoms with Gasteiger partial charge in [-0.2, -0.15) is 0 Å².